The molecule has 9 rings (SSSR count). The van der Waals surface area contributed by atoms with E-state index in [0.717, 1.165) is 91.5 Å². The molecule has 53 heavy (non-hydrogen) atoms. The first kappa shape index (κ1) is 35.2. The van der Waals surface area contributed by atoms with Crippen LogP contribution in [0.3, 0.4) is 0 Å². The monoisotopic (exact) mass is 774 g/mol. The van der Waals surface area contributed by atoms with E-state index in [2.05, 4.69) is 38.3 Å². The first-order valence-corrected chi connectivity index (χ1v) is 21.2. The van der Waals surface area contributed by atoms with Crippen LogP contribution in [0.15, 0.2) is 54.6 Å². The summed E-state index contributed by atoms with van der Waals surface area (Å²) in [6.45, 7) is 2.28. The Hall–Kier alpha value is -3.57. The minimum Gasteiger partial charge on any atom is -0.497 e. The fourth-order valence-corrected chi connectivity index (χ4v) is 11.9. The molecule has 0 spiro atoms. The SMILES string of the molecule is COc1ccc2c(c1)C1CC1(C(=O)N1C3CCC1CN(C)C3)Cn1c-2c(C2CCCCC2)c2ccc(C(=O)NS(=O)(=O)Cc3cc(Cl)cc(Cl)c3)cc21. The van der Waals surface area contributed by atoms with Gasteiger partial charge >= 0.3 is 0 Å². The van der Waals surface area contributed by atoms with Gasteiger partial charge in [-0.1, -0.05) is 48.5 Å². The number of aromatic nitrogens is 1. The summed E-state index contributed by atoms with van der Waals surface area (Å²) in [4.78, 5) is 33.4. The highest BCUT2D eigenvalue weighted by Gasteiger charge is 2.65. The number of hydrogen-bond donors (Lipinski definition) is 1. The molecule has 1 aromatic heterocycles. The number of halogens is 2. The number of piperazine rings is 1. The lowest BCUT2D eigenvalue weighted by atomic mass is 9.81. The van der Waals surface area contributed by atoms with Crippen molar-refractivity contribution in [3.63, 3.8) is 0 Å². The number of fused-ring (bicyclic) bond motifs is 9. The number of carbonyl (C=O) groups is 2. The lowest BCUT2D eigenvalue weighted by Crippen LogP contribution is -2.57. The number of amides is 2. The van der Waals surface area contributed by atoms with E-state index in [1.165, 1.54) is 30.2 Å². The highest BCUT2D eigenvalue weighted by atomic mass is 35.5. The molecule has 2 saturated heterocycles. The number of likely N-dealkylation sites (N-methyl/N-ethyl adjacent to an activating group) is 1. The topological polar surface area (TPSA) is 101 Å². The van der Waals surface area contributed by atoms with Gasteiger partial charge in [0.05, 0.1) is 24.0 Å². The third-order valence-electron chi connectivity index (χ3n) is 12.6. The second-order valence-electron chi connectivity index (χ2n) is 16.1. The Bertz CT molecular complexity index is 2250. The largest absolute Gasteiger partial charge is 0.497 e. The number of hydrogen-bond acceptors (Lipinski definition) is 6. The second kappa shape index (κ2) is 13.0. The quantitative estimate of drug-likeness (QED) is 0.207. The van der Waals surface area contributed by atoms with Crippen molar-refractivity contribution >= 4 is 55.9 Å². The standard InChI is InChI=1S/C41H44Cl2N4O5S/c1-45-20-29-9-10-30(21-45)47(29)40(49)41-19-35(41)34-18-31(52-2)11-13-32(34)38-37(25-6-4-3-5-7-25)33-12-8-26(16-36(33)46(38)23-41)39(48)44-53(50,51)22-24-14-27(42)17-28(43)15-24/h8,11-18,25,29-30,35H,3-7,9-10,19-23H2,1-2H3,(H,44,48). The van der Waals surface area contributed by atoms with E-state index in [1.54, 1.807) is 13.2 Å². The van der Waals surface area contributed by atoms with Crippen LogP contribution >= 0.6 is 23.2 Å². The summed E-state index contributed by atoms with van der Waals surface area (Å²) >= 11 is 12.2. The molecule has 2 amide bonds. The molecule has 2 aliphatic carbocycles. The maximum Gasteiger partial charge on any atom is 0.264 e. The lowest BCUT2D eigenvalue weighted by Gasteiger charge is -2.41. The van der Waals surface area contributed by atoms with Crippen molar-refractivity contribution in [1.82, 2.24) is 19.1 Å². The molecule has 9 nitrogen and oxygen atoms in total. The van der Waals surface area contributed by atoms with Gasteiger partial charge in [0.1, 0.15) is 5.75 Å². The third kappa shape index (κ3) is 6.04. The van der Waals surface area contributed by atoms with Gasteiger partial charge in [0.15, 0.2) is 0 Å². The normalized spacial score (nSPS) is 25.4. The predicted octanol–water partition coefficient (Wildman–Crippen LogP) is 7.72. The Morgan fingerprint density at radius 2 is 1.64 bits per heavy atom. The minimum absolute atomic E-state index is 0.0462. The molecule has 2 saturated carbocycles. The summed E-state index contributed by atoms with van der Waals surface area (Å²) in [6.07, 6.45) is 8.47. The molecule has 3 aromatic carbocycles. The van der Waals surface area contributed by atoms with E-state index < -0.39 is 27.1 Å². The molecule has 1 N–H and O–H groups in total. The Labute approximate surface area is 320 Å². The van der Waals surface area contributed by atoms with E-state index >= 15 is 4.79 Å². The van der Waals surface area contributed by atoms with Gasteiger partial charge in [-0.25, -0.2) is 13.1 Å². The van der Waals surface area contributed by atoms with E-state index in [4.69, 9.17) is 27.9 Å². The number of benzene rings is 3. The van der Waals surface area contributed by atoms with Crippen molar-refractivity contribution in [1.29, 1.82) is 0 Å². The zero-order valence-corrected chi connectivity index (χ0v) is 32.4. The first-order chi connectivity index (χ1) is 25.4. The summed E-state index contributed by atoms with van der Waals surface area (Å²) < 4.78 is 36.9. The predicted molar refractivity (Wildman–Crippen MR) is 207 cm³/mol. The van der Waals surface area contributed by atoms with Crippen LogP contribution < -0.4 is 9.46 Å². The highest BCUT2D eigenvalue weighted by molar-refractivity contribution is 7.89. The fraction of sp³-hybridized carbons (Fsp3) is 0.463. The average Bonchev–Trinajstić information content (AvgIpc) is 3.70. The van der Waals surface area contributed by atoms with Crippen molar-refractivity contribution in [2.24, 2.45) is 5.41 Å². The van der Waals surface area contributed by atoms with Crippen molar-refractivity contribution in [2.45, 2.75) is 87.6 Å². The van der Waals surface area contributed by atoms with Crippen LogP contribution in [0.2, 0.25) is 10.0 Å². The van der Waals surface area contributed by atoms with Crippen LogP contribution in [-0.4, -0.2) is 73.9 Å². The number of nitrogens with zero attached hydrogens (tertiary/aromatic N) is 3. The number of methoxy groups -OCH3 is 1. The Kier molecular flexibility index (Phi) is 8.64. The molecule has 4 fully saturated rings. The maximum atomic E-state index is 15.1. The summed E-state index contributed by atoms with van der Waals surface area (Å²) in [5.74, 6) is 0.237. The molecule has 4 atom stereocenters. The zero-order chi connectivity index (χ0) is 36.8. The van der Waals surface area contributed by atoms with Crippen LogP contribution in [0.25, 0.3) is 22.2 Å². The summed E-state index contributed by atoms with van der Waals surface area (Å²) in [5, 5.41) is 1.69. The molecule has 12 heteroatoms. The van der Waals surface area contributed by atoms with Gasteiger partial charge in [-0.2, -0.15) is 0 Å². The van der Waals surface area contributed by atoms with Gasteiger partial charge in [-0.15, -0.1) is 0 Å². The van der Waals surface area contributed by atoms with Crippen LogP contribution in [-0.2, 0) is 27.1 Å². The van der Waals surface area contributed by atoms with Crippen LogP contribution in [0, 0.1) is 5.41 Å². The zero-order valence-electron chi connectivity index (χ0n) is 30.0. The van der Waals surface area contributed by atoms with E-state index in [-0.39, 0.29) is 29.5 Å². The van der Waals surface area contributed by atoms with Crippen LogP contribution in [0.4, 0.5) is 0 Å². The van der Waals surface area contributed by atoms with Gasteiger partial charge < -0.3 is 19.1 Å². The molecular weight excluding hydrogens is 731 g/mol. The Balaban J connectivity index is 1.16. The average molecular weight is 776 g/mol. The third-order valence-corrected chi connectivity index (χ3v) is 14.3. The van der Waals surface area contributed by atoms with Crippen molar-refractivity contribution < 1.29 is 22.7 Å². The molecule has 4 heterocycles. The van der Waals surface area contributed by atoms with E-state index in [9.17, 15) is 13.2 Å². The van der Waals surface area contributed by atoms with Crippen LogP contribution in [0.1, 0.15) is 90.3 Å². The number of rotatable bonds is 7. The first-order valence-electron chi connectivity index (χ1n) is 18.8. The molecule has 278 valence electrons. The number of likely N-dealkylation sites (tertiary alicyclic amines) is 1. The fourth-order valence-electron chi connectivity index (χ4n) is 10.3. The highest BCUT2D eigenvalue weighted by Crippen LogP contribution is 2.66. The van der Waals surface area contributed by atoms with Gasteiger partial charge in [0, 0.05) is 69.7 Å². The van der Waals surface area contributed by atoms with Crippen LogP contribution in [0.5, 0.6) is 5.75 Å². The Morgan fingerprint density at radius 1 is 0.925 bits per heavy atom. The molecule has 3 aliphatic heterocycles. The second-order valence-corrected chi connectivity index (χ2v) is 18.7. The van der Waals surface area contributed by atoms with Crippen molar-refractivity contribution in [3.05, 3.63) is 86.9 Å². The number of nitrogens with one attached hydrogen (secondary N) is 1. The smallest absolute Gasteiger partial charge is 0.264 e. The summed E-state index contributed by atoms with van der Waals surface area (Å²) in [6, 6.07) is 16.9. The molecule has 2 bridgehead atoms. The Morgan fingerprint density at radius 3 is 2.34 bits per heavy atom. The maximum absolute atomic E-state index is 15.1. The molecular formula is C41H44Cl2N4O5S. The van der Waals surface area contributed by atoms with Gasteiger partial charge in [-0.05, 0) is 110 Å². The molecule has 5 aliphatic rings. The molecule has 4 unspecified atom stereocenters. The van der Waals surface area contributed by atoms with Gasteiger partial charge in [0.25, 0.3) is 5.91 Å². The minimum atomic E-state index is -4.08. The van der Waals surface area contributed by atoms with Crippen molar-refractivity contribution in [3.8, 4) is 17.0 Å². The molecule has 4 aromatic rings. The lowest BCUT2D eigenvalue weighted by molar-refractivity contribution is -0.143. The number of sulfonamides is 1. The van der Waals surface area contributed by atoms with E-state index in [0.29, 0.717) is 28.1 Å². The number of carbonyl (C=O) groups excluding carboxylic acids is 2. The van der Waals surface area contributed by atoms with Gasteiger partial charge in [-0.3, -0.25) is 9.59 Å². The van der Waals surface area contributed by atoms with Gasteiger partial charge in [0.2, 0.25) is 15.9 Å². The number of ether oxygens (including phenoxy) is 1. The summed E-state index contributed by atoms with van der Waals surface area (Å²) in [5.41, 5.74) is 5.52. The van der Waals surface area contributed by atoms with E-state index in [1.807, 2.05) is 18.2 Å². The molecule has 0 radical (unpaired) electrons. The van der Waals surface area contributed by atoms with Crippen molar-refractivity contribution in [2.75, 3.05) is 27.2 Å². The summed E-state index contributed by atoms with van der Waals surface area (Å²) in [7, 11) is -0.247.